The van der Waals surface area contributed by atoms with E-state index in [1.165, 1.54) is 25.7 Å². The summed E-state index contributed by atoms with van der Waals surface area (Å²) in [4.78, 5) is 11.1. The molecule has 1 unspecified atom stereocenters. The van der Waals surface area contributed by atoms with Gasteiger partial charge in [0.2, 0.25) is 5.95 Å². The molecule has 1 aliphatic heterocycles. The minimum absolute atomic E-state index is 0.623. The summed E-state index contributed by atoms with van der Waals surface area (Å²) < 4.78 is 0. The Labute approximate surface area is 102 Å². The third-order valence-corrected chi connectivity index (χ3v) is 3.61. The molecule has 3 rings (SSSR count). The van der Waals surface area contributed by atoms with E-state index in [4.69, 9.17) is 0 Å². The van der Waals surface area contributed by atoms with Gasteiger partial charge in [-0.1, -0.05) is 0 Å². The summed E-state index contributed by atoms with van der Waals surface area (Å²) >= 11 is 0. The number of rotatable bonds is 5. The molecule has 17 heavy (non-hydrogen) atoms. The molecule has 2 heterocycles. The first-order chi connectivity index (χ1) is 8.42. The molecular weight excluding hydrogens is 212 g/mol. The maximum atomic E-state index is 4.39. The van der Waals surface area contributed by atoms with Crippen molar-refractivity contribution < 1.29 is 0 Å². The quantitative estimate of drug-likeness (QED) is 0.834. The van der Waals surface area contributed by atoms with Gasteiger partial charge < -0.3 is 10.2 Å². The van der Waals surface area contributed by atoms with Crippen LogP contribution in [0.15, 0.2) is 18.5 Å². The van der Waals surface area contributed by atoms with E-state index in [1.807, 2.05) is 18.5 Å². The van der Waals surface area contributed by atoms with Crippen LogP contribution in [0.5, 0.6) is 0 Å². The smallest absolute Gasteiger partial charge is 0.225 e. The minimum atomic E-state index is 0.623. The Hall–Kier alpha value is -1.16. The molecule has 0 radical (unpaired) electrons. The monoisotopic (exact) mass is 232 g/mol. The van der Waals surface area contributed by atoms with Crippen LogP contribution in [0.25, 0.3) is 0 Å². The van der Waals surface area contributed by atoms with Crippen LogP contribution in [0.1, 0.15) is 25.7 Å². The van der Waals surface area contributed by atoms with Crippen molar-refractivity contribution in [1.29, 1.82) is 0 Å². The topological polar surface area (TPSA) is 41.1 Å². The molecule has 4 heteroatoms. The molecule has 0 bridgehead atoms. The molecule has 0 spiro atoms. The van der Waals surface area contributed by atoms with Gasteiger partial charge >= 0.3 is 0 Å². The van der Waals surface area contributed by atoms with Crippen molar-refractivity contribution in [3.63, 3.8) is 0 Å². The van der Waals surface area contributed by atoms with Crippen molar-refractivity contribution in [1.82, 2.24) is 15.3 Å². The van der Waals surface area contributed by atoms with Crippen molar-refractivity contribution in [2.75, 3.05) is 24.5 Å². The largest absolute Gasteiger partial charge is 0.339 e. The van der Waals surface area contributed by atoms with Crippen LogP contribution in [0.2, 0.25) is 0 Å². The number of hydrogen-bond donors (Lipinski definition) is 1. The minimum Gasteiger partial charge on any atom is -0.339 e. The predicted octanol–water partition coefficient (Wildman–Crippen LogP) is 1.44. The Bertz CT molecular complexity index is 344. The summed E-state index contributed by atoms with van der Waals surface area (Å²) in [6.07, 6.45) is 9.02. The standard InChI is InChI=1S/C13H20N4/c1-3-12(14-6-1)10-17(9-11-4-5-11)13-15-7-2-8-16-13/h2,7-8,11-12,14H,1,3-6,9-10H2. The lowest BCUT2D eigenvalue weighted by molar-refractivity contribution is 0.563. The van der Waals surface area contributed by atoms with E-state index >= 15 is 0 Å². The lowest BCUT2D eigenvalue weighted by Gasteiger charge is -2.25. The zero-order valence-electron chi connectivity index (χ0n) is 10.2. The number of anilines is 1. The first-order valence-corrected chi connectivity index (χ1v) is 6.67. The lowest BCUT2D eigenvalue weighted by atomic mass is 10.2. The molecule has 1 aliphatic carbocycles. The van der Waals surface area contributed by atoms with Crippen LogP contribution < -0.4 is 10.2 Å². The van der Waals surface area contributed by atoms with Crippen molar-refractivity contribution in [2.24, 2.45) is 5.92 Å². The van der Waals surface area contributed by atoms with Crippen molar-refractivity contribution >= 4 is 5.95 Å². The second kappa shape index (κ2) is 5.00. The highest BCUT2D eigenvalue weighted by atomic mass is 15.3. The molecule has 92 valence electrons. The van der Waals surface area contributed by atoms with Crippen LogP contribution in [0, 0.1) is 5.92 Å². The van der Waals surface area contributed by atoms with E-state index < -0.39 is 0 Å². The normalized spacial score (nSPS) is 23.9. The number of nitrogens with one attached hydrogen (secondary N) is 1. The van der Waals surface area contributed by atoms with Gasteiger partial charge in [-0.25, -0.2) is 9.97 Å². The van der Waals surface area contributed by atoms with E-state index in [9.17, 15) is 0 Å². The maximum Gasteiger partial charge on any atom is 0.225 e. The Morgan fingerprint density at radius 3 is 2.65 bits per heavy atom. The molecular formula is C13H20N4. The molecule has 1 aromatic rings. The Morgan fingerprint density at radius 2 is 2.00 bits per heavy atom. The predicted molar refractivity (Wildman–Crippen MR) is 68.0 cm³/mol. The number of aromatic nitrogens is 2. The highest BCUT2D eigenvalue weighted by Gasteiger charge is 2.27. The van der Waals surface area contributed by atoms with E-state index in [-0.39, 0.29) is 0 Å². The maximum absolute atomic E-state index is 4.39. The van der Waals surface area contributed by atoms with Gasteiger partial charge in [0, 0.05) is 31.5 Å². The van der Waals surface area contributed by atoms with Gasteiger partial charge in [0.15, 0.2) is 0 Å². The summed E-state index contributed by atoms with van der Waals surface area (Å²) in [5.74, 6) is 1.77. The molecule has 1 saturated carbocycles. The SMILES string of the molecule is c1cnc(N(CC2CC2)CC2CCCN2)nc1. The molecule has 1 N–H and O–H groups in total. The van der Waals surface area contributed by atoms with E-state index in [0.29, 0.717) is 6.04 Å². The molecule has 1 saturated heterocycles. The fourth-order valence-corrected chi connectivity index (χ4v) is 2.48. The van der Waals surface area contributed by atoms with Gasteiger partial charge in [0.25, 0.3) is 0 Å². The highest BCUT2D eigenvalue weighted by molar-refractivity contribution is 5.29. The first-order valence-electron chi connectivity index (χ1n) is 6.67. The zero-order chi connectivity index (χ0) is 11.5. The van der Waals surface area contributed by atoms with Crippen molar-refractivity contribution in [3.05, 3.63) is 18.5 Å². The van der Waals surface area contributed by atoms with Gasteiger partial charge in [0.1, 0.15) is 0 Å². The van der Waals surface area contributed by atoms with E-state index in [2.05, 4.69) is 20.2 Å². The average molecular weight is 232 g/mol. The van der Waals surface area contributed by atoms with Crippen LogP contribution in [0.3, 0.4) is 0 Å². The first kappa shape index (κ1) is 11.0. The van der Waals surface area contributed by atoms with E-state index in [1.54, 1.807) is 0 Å². The molecule has 1 aromatic heterocycles. The summed E-state index contributed by atoms with van der Waals surface area (Å²) in [6, 6.07) is 2.50. The van der Waals surface area contributed by atoms with Gasteiger partial charge in [-0.05, 0) is 44.2 Å². The van der Waals surface area contributed by atoms with Crippen LogP contribution >= 0.6 is 0 Å². The molecule has 2 fully saturated rings. The van der Waals surface area contributed by atoms with Gasteiger partial charge in [-0.3, -0.25) is 0 Å². The fourth-order valence-electron chi connectivity index (χ4n) is 2.48. The molecule has 0 aromatic carbocycles. The zero-order valence-corrected chi connectivity index (χ0v) is 10.2. The average Bonchev–Trinajstić information content (AvgIpc) is 3.04. The summed E-state index contributed by atoms with van der Waals surface area (Å²) in [5, 5.41) is 3.55. The van der Waals surface area contributed by atoms with Crippen LogP contribution in [0.4, 0.5) is 5.95 Å². The number of hydrogen-bond acceptors (Lipinski definition) is 4. The fraction of sp³-hybridized carbons (Fsp3) is 0.692. The third-order valence-electron chi connectivity index (χ3n) is 3.61. The second-order valence-electron chi connectivity index (χ2n) is 5.19. The Morgan fingerprint density at radius 1 is 1.18 bits per heavy atom. The molecule has 2 aliphatic rings. The van der Waals surface area contributed by atoms with Crippen molar-refractivity contribution in [2.45, 2.75) is 31.7 Å². The molecule has 1 atom stereocenters. The summed E-state index contributed by atoms with van der Waals surface area (Å²) in [6.45, 7) is 3.35. The Balaban J connectivity index is 1.66. The third kappa shape index (κ3) is 2.94. The number of nitrogens with zero attached hydrogens (tertiary/aromatic N) is 3. The van der Waals surface area contributed by atoms with Gasteiger partial charge in [0.05, 0.1) is 0 Å². The second-order valence-corrected chi connectivity index (χ2v) is 5.19. The van der Waals surface area contributed by atoms with Crippen LogP contribution in [-0.4, -0.2) is 35.6 Å². The van der Waals surface area contributed by atoms with Crippen LogP contribution in [-0.2, 0) is 0 Å². The van der Waals surface area contributed by atoms with Crippen molar-refractivity contribution in [3.8, 4) is 0 Å². The molecule has 0 amide bonds. The lowest BCUT2D eigenvalue weighted by Crippen LogP contribution is -2.39. The molecule has 4 nitrogen and oxygen atoms in total. The summed E-state index contributed by atoms with van der Waals surface area (Å²) in [5.41, 5.74) is 0. The van der Waals surface area contributed by atoms with Gasteiger partial charge in [-0.2, -0.15) is 0 Å². The van der Waals surface area contributed by atoms with Gasteiger partial charge in [-0.15, -0.1) is 0 Å². The van der Waals surface area contributed by atoms with E-state index in [0.717, 1.165) is 31.5 Å². The Kier molecular flexibility index (Phi) is 3.22. The highest BCUT2D eigenvalue weighted by Crippen LogP contribution is 2.30. The summed E-state index contributed by atoms with van der Waals surface area (Å²) in [7, 11) is 0.